The van der Waals surface area contributed by atoms with Crippen LogP contribution in [-0.4, -0.2) is 71.5 Å². The molecule has 2 heterocycles. The summed E-state index contributed by atoms with van der Waals surface area (Å²) in [5.74, 6) is -0.107. The van der Waals surface area contributed by atoms with Gasteiger partial charge in [-0.2, -0.15) is 0 Å². The van der Waals surface area contributed by atoms with E-state index < -0.39 is 18.2 Å². The fourth-order valence-electron chi connectivity index (χ4n) is 5.73. The van der Waals surface area contributed by atoms with Crippen molar-refractivity contribution in [2.24, 2.45) is 5.92 Å². The molecule has 40 heavy (non-hydrogen) atoms. The van der Waals surface area contributed by atoms with Gasteiger partial charge in [0.25, 0.3) is 0 Å². The number of benzene rings is 2. The summed E-state index contributed by atoms with van der Waals surface area (Å²) in [5.41, 5.74) is 1.70. The van der Waals surface area contributed by atoms with Crippen molar-refractivity contribution in [2.45, 2.75) is 82.3 Å². The molecule has 2 aromatic rings. The van der Waals surface area contributed by atoms with Crippen molar-refractivity contribution in [3.05, 3.63) is 41.5 Å². The molecule has 5 N–H and O–H groups in total. The number of phenolic OH excluding ortho intramolecular Hbond substituents is 2. The topological polar surface area (TPSA) is 147 Å². The molecule has 0 spiro atoms. The minimum Gasteiger partial charge on any atom is -0.504 e. The van der Waals surface area contributed by atoms with Crippen LogP contribution in [0.4, 0.5) is 0 Å². The van der Waals surface area contributed by atoms with Gasteiger partial charge in [0.05, 0.1) is 32.5 Å². The van der Waals surface area contributed by atoms with Gasteiger partial charge in [0, 0.05) is 24.9 Å². The zero-order valence-corrected chi connectivity index (χ0v) is 23.3. The van der Waals surface area contributed by atoms with Crippen LogP contribution in [0.15, 0.2) is 30.3 Å². The van der Waals surface area contributed by atoms with Crippen molar-refractivity contribution in [2.75, 3.05) is 20.8 Å². The lowest BCUT2D eigenvalue weighted by atomic mass is 9.86. The van der Waals surface area contributed by atoms with Gasteiger partial charge >= 0.3 is 5.97 Å². The highest BCUT2D eigenvalue weighted by Gasteiger charge is 2.32. The van der Waals surface area contributed by atoms with Crippen LogP contribution in [0.5, 0.6) is 28.7 Å². The molecule has 2 aliphatic rings. The maximum Gasteiger partial charge on any atom is 0.303 e. The first-order chi connectivity index (χ1) is 19.2. The molecule has 0 aliphatic carbocycles. The number of hydrogen-bond acceptors (Lipinski definition) is 9. The van der Waals surface area contributed by atoms with Crippen LogP contribution in [0.3, 0.4) is 0 Å². The van der Waals surface area contributed by atoms with E-state index in [1.165, 1.54) is 14.2 Å². The van der Waals surface area contributed by atoms with Crippen LogP contribution in [0.25, 0.3) is 0 Å². The fourth-order valence-corrected chi connectivity index (χ4v) is 5.73. The van der Waals surface area contributed by atoms with Gasteiger partial charge in [-0.15, -0.1) is 0 Å². The molecule has 6 unspecified atom stereocenters. The molecule has 6 atom stereocenters. The predicted molar refractivity (Wildman–Crippen MR) is 147 cm³/mol. The molecule has 0 radical (unpaired) electrons. The number of carbonyl (C=O) groups is 1. The average Bonchev–Trinajstić information content (AvgIpc) is 2.92. The van der Waals surface area contributed by atoms with Gasteiger partial charge in [0.15, 0.2) is 23.0 Å². The lowest BCUT2D eigenvalue weighted by Gasteiger charge is -2.36. The molecular formula is C30H41NO9. The fraction of sp³-hybridized carbons (Fsp3) is 0.567. The second kappa shape index (κ2) is 13.4. The molecule has 0 aromatic heterocycles. The van der Waals surface area contributed by atoms with Crippen molar-refractivity contribution < 1.29 is 44.2 Å². The molecule has 0 amide bonds. The smallest absolute Gasteiger partial charge is 0.303 e. The van der Waals surface area contributed by atoms with E-state index in [0.29, 0.717) is 37.0 Å². The van der Waals surface area contributed by atoms with Gasteiger partial charge in [-0.1, -0.05) is 6.07 Å². The first-order valence-electron chi connectivity index (χ1n) is 13.9. The summed E-state index contributed by atoms with van der Waals surface area (Å²) in [5, 5.41) is 44.1. The number of aliphatic carboxylic acids is 1. The van der Waals surface area contributed by atoms with Crippen molar-refractivity contribution in [1.82, 2.24) is 5.32 Å². The van der Waals surface area contributed by atoms with Crippen molar-refractivity contribution >= 4 is 5.97 Å². The Hall–Kier alpha value is -3.21. The minimum atomic E-state index is -0.843. The molecular weight excluding hydrogens is 518 g/mol. The van der Waals surface area contributed by atoms with Crippen LogP contribution in [0, 0.1) is 5.92 Å². The van der Waals surface area contributed by atoms with Gasteiger partial charge < -0.3 is 44.7 Å². The Bertz CT molecular complexity index is 1160. The highest BCUT2D eigenvalue weighted by molar-refractivity contribution is 5.67. The Balaban J connectivity index is 1.46. The van der Waals surface area contributed by atoms with Gasteiger partial charge in [-0.25, -0.2) is 0 Å². The summed E-state index contributed by atoms with van der Waals surface area (Å²) in [7, 11) is 2.97. The molecule has 10 nitrogen and oxygen atoms in total. The molecule has 0 bridgehead atoms. The normalized spacial score (nSPS) is 26.7. The molecule has 10 heteroatoms. The summed E-state index contributed by atoms with van der Waals surface area (Å²) in [6.07, 6.45) is 2.76. The number of carboxylic acid groups (broad SMARTS) is 1. The predicted octanol–water partition coefficient (Wildman–Crippen LogP) is 3.94. The van der Waals surface area contributed by atoms with E-state index in [0.717, 1.165) is 18.4 Å². The Morgan fingerprint density at radius 3 is 2.52 bits per heavy atom. The number of hydrogen-bond donors (Lipinski definition) is 5. The molecule has 2 saturated heterocycles. The zero-order valence-electron chi connectivity index (χ0n) is 23.3. The number of aromatic hydroxyl groups is 2. The van der Waals surface area contributed by atoms with Crippen molar-refractivity contribution in [1.29, 1.82) is 0 Å². The van der Waals surface area contributed by atoms with E-state index in [4.69, 9.17) is 18.9 Å². The zero-order chi connectivity index (χ0) is 28.8. The van der Waals surface area contributed by atoms with Crippen LogP contribution >= 0.6 is 0 Å². The first-order valence-corrected chi connectivity index (χ1v) is 13.9. The minimum absolute atomic E-state index is 0.0508. The number of ether oxygens (including phenoxy) is 4. The molecule has 0 saturated carbocycles. The number of carboxylic acids is 1. The summed E-state index contributed by atoms with van der Waals surface area (Å²) in [6, 6.07) is 8.71. The summed E-state index contributed by atoms with van der Waals surface area (Å²) >= 11 is 0. The lowest BCUT2D eigenvalue weighted by molar-refractivity contribution is -0.138. The van der Waals surface area contributed by atoms with Crippen molar-refractivity contribution in [3.8, 4) is 28.7 Å². The van der Waals surface area contributed by atoms with E-state index >= 15 is 0 Å². The third-order valence-electron chi connectivity index (χ3n) is 7.92. The SMILES string of the molecule is COc1cc(CCC2CC(O)CC(c3cc(OC)c(O)c(OCC4NC(C)CCC4CC(=O)O)c3)O2)ccc1O. The average molecular weight is 560 g/mol. The monoisotopic (exact) mass is 559 g/mol. The van der Waals surface area contributed by atoms with E-state index in [9.17, 15) is 25.2 Å². The molecule has 2 aliphatic heterocycles. The Kier molecular flexibility index (Phi) is 9.99. The molecule has 2 aromatic carbocycles. The van der Waals surface area contributed by atoms with Crippen molar-refractivity contribution in [3.63, 3.8) is 0 Å². The first kappa shape index (κ1) is 29.8. The van der Waals surface area contributed by atoms with Crippen LogP contribution in [0.1, 0.15) is 62.7 Å². The number of aryl methyl sites for hydroxylation is 1. The number of rotatable bonds is 11. The van der Waals surface area contributed by atoms with Crippen LogP contribution < -0.4 is 19.5 Å². The number of piperidine rings is 1. The Labute approximate surface area is 234 Å². The Morgan fingerprint density at radius 1 is 1.05 bits per heavy atom. The Morgan fingerprint density at radius 2 is 1.80 bits per heavy atom. The second-order valence-electron chi connectivity index (χ2n) is 10.9. The summed E-state index contributed by atoms with van der Waals surface area (Å²) in [6.45, 7) is 2.25. The highest BCUT2D eigenvalue weighted by Crippen LogP contribution is 2.43. The van der Waals surface area contributed by atoms with Gasteiger partial charge in [0.1, 0.15) is 6.61 Å². The van der Waals surface area contributed by atoms with Gasteiger partial charge in [-0.3, -0.25) is 4.79 Å². The molecule has 4 rings (SSSR count). The number of phenols is 2. The second-order valence-corrected chi connectivity index (χ2v) is 10.9. The summed E-state index contributed by atoms with van der Waals surface area (Å²) in [4.78, 5) is 11.4. The van der Waals surface area contributed by atoms with E-state index in [2.05, 4.69) is 12.2 Å². The third-order valence-corrected chi connectivity index (χ3v) is 7.92. The number of aliphatic hydroxyl groups excluding tert-OH is 1. The maximum atomic E-state index is 11.4. The lowest BCUT2D eigenvalue weighted by Crippen LogP contribution is -2.50. The van der Waals surface area contributed by atoms with E-state index in [1.54, 1.807) is 24.3 Å². The van der Waals surface area contributed by atoms with Gasteiger partial charge in [0.2, 0.25) is 5.75 Å². The van der Waals surface area contributed by atoms with Crippen LogP contribution in [-0.2, 0) is 16.0 Å². The third kappa shape index (κ3) is 7.50. The number of aliphatic hydroxyl groups is 1. The molecule has 220 valence electrons. The maximum absolute atomic E-state index is 11.4. The number of nitrogens with one attached hydrogen (secondary N) is 1. The standard InChI is InChI=1S/C30H41NO9/c1-17-4-7-19(13-29(34)35)23(31-17)16-39-28-12-20(11-27(38-3)30(28)36)25-15-21(32)14-22(40-25)8-5-18-6-9-24(33)26(10-18)37-2/h6,9-12,17,19,21-23,25,31-33,36H,4-5,7-8,13-16H2,1-3H3,(H,34,35). The largest absolute Gasteiger partial charge is 0.504 e. The quantitative estimate of drug-likeness (QED) is 0.274. The highest BCUT2D eigenvalue weighted by atomic mass is 16.5. The number of methoxy groups -OCH3 is 2. The van der Waals surface area contributed by atoms with E-state index in [1.807, 2.05) is 6.07 Å². The summed E-state index contributed by atoms with van der Waals surface area (Å²) < 4.78 is 23.1. The van der Waals surface area contributed by atoms with Crippen LogP contribution in [0.2, 0.25) is 0 Å². The molecule has 2 fully saturated rings. The van der Waals surface area contributed by atoms with Gasteiger partial charge in [-0.05, 0) is 80.3 Å². The van der Waals surface area contributed by atoms with E-state index in [-0.39, 0.29) is 60.1 Å².